The molecule has 86 valence electrons. The number of tetrazole rings is 1. The monoisotopic (exact) mass is 227 g/mol. The molecule has 2 aromatic rings. The summed E-state index contributed by atoms with van der Waals surface area (Å²) in [4.78, 5) is 2.28. The molecule has 0 N–H and O–H groups in total. The molecule has 1 aliphatic rings. The molecule has 1 aromatic heterocycles. The average Bonchev–Trinajstić information content (AvgIpc) is 3.00. The molecule has 1 aliphatic heterocycles. The van der Waals surface area contributed by atoms with Crippen LogP contribution < -0.4 is 0 Å². The Bertz CT molecular complexity index is 503. The van der Waals surface area contributed by atoms with E-state index in [9.17, 15) is 0 Å². The number of nitrogens with zero attached hydrogens (tertiary/aromatic N) is 5. The molecule has 17 heavy (non-hydrogen) atoms. The summed E-state index contributed by atoms with van der Waals surface area (Å²) in [6.45, 7) is 1.95. The van der Waals surface area contributed by atoms with Gasteiger partial charge in [0.1, 0.15) is 6.33 Å². The molecule has 0 unspecified atom stereocenters. The van der Waals surface area contributed by atoms with Gasteiger partial charge in [0.2, 0.25) is 0 Å². The Morgan fingerprint density at radius 1 is 1.18 bits per heavy atom. The third kappa shape index (κ3) is 2.18. The van der Waals surface area contributed by atoms with Crippen molar-refractivity contribution in [3.63, 3.8) is 0 Å². The molecule has 0 spiro atoms. The molecule has 0 saturated heterocycles. The summed E-state index contributed by atoms with van der Waals surface area (Å²) in [5, 5.41) is 11.2. The van der Waals surface area contributed by atoms with Gasteiger partial charge in [-0.25, -0.2) is 4.68 Å². The van der Waals surface area contributed by atoms with Crippen LogP contribution in [0.5, 0.6) is 0 Å². The first kappa shape index (κ1) is 10.0. The molecular formula is C12H13N5. The van der Waals surface area contributed by atoms with Crippen molar-refractivity contribution in [3.8, 4) is 0 Å². The minimum atomic E-state index is 0.937. The first-order valence-corrected chi connectivity index (χ1v) is 5.64. The van der Waals surface area contributed by atoms with Crippen LogP contribution in [-0.2, 0) is 6.54 Å². The van der Waals surface area contributed by atoms with Crippen molar-refractivity contribution in [3.05, 3.63) is 48.4 Å². The van der Waals surface area contributed by atoms with Crippen molar-refractivity contribution in [2.75, 3.05) is 6.54 Å². The standard InChI is InChI=1S/C12H13N5/c1-2-4-11(5-3-1)8-16-7-6-12(9-16)17-10-13-14-15-17/h1-5,9-10H,6-8H2. The summed E-state index contributed by atoms with van der Waals surface area (Å²) in [6, 6.07) is 10.5. The van der Waals surface area contributed by atoms with Crippen LogP contribution in [-0.4, -0.2) is 31.7 Å². The van der Waals surface area contributed by atoms with Gasteiger partial charge in [0.15, 0.2) is 0 Å². The van der Waals surface area contributed by atoms with Crippen LogP contribution >= 0.6 is 0 Å². The van der Waals surface area contributed by atoms with Gasteiger partial charge in [0.25, 0.3) is 0 Å². The number of hydrogen-bond donors (Lipinski definition) is 0. The Balaban J connectivity index is 1.71. The topological polar surface area (TPSA) is 46.8 Å². The van der Waals surface area contributed by atoms with Crippen LogP contribution in [0.3, 0.4) is 0 Å². The van der Waals surface area contributed by atoms with Gasteiger partial charge < -0.3 is 4.90 Å². The van der Waals surface area contributed by atoms with Crippen molar-refractivity contribution in [1.82, 2.24) is 25.1 Å². The van der Waals surface area contributed by atoms with Crippen molar-refractivity contribution >= 4 is 5.70 Å². The van der Waals surface area contributed by atoms with Gasteiger partial charge in [-0.15, -0.1) is 5.10 Å². The van der Waals surface area contributed by atoms with Crippen molar-refractivity contribution in [2.45, 2.75) is 13.0 Å². The van der Waals surface area contributed by atoms with E-state index in [4.69, 9.17) is 0 Å². The largest absolute Gasteiger partial charge is 0.371 e. The quantitative estimate of drug-likeness (QED) is 0.794. The van der Waals surface area contributed by atoms with Gasteiger partial charge in [0, 0.05) is 25.7 Å². The van der Waals surface area contributed by atoms with E-state index in [2.05, 4.69) is 50.9 Å². The summed E-state index contributed by atoms with van der Waals surface area (Å²) in [6.07, 6.45) is 4.75. The molecule has 0 saturated carbocycles. The molecule has 5 nitrogen and oxygen atoms in total. The molecular weight excluding hydrogens is 214 g/mol. The van der Waals surface area contributed by atoms with Crippen LogP contribution in [0.1, 0.15) is 12.0 Å². The zero-order valence-electron chi connectivity index (χ0n) is 9.40. The van der Waals surface area contributed by atoms with Crippen molar-refractivity contribution < 1.29 is 0 Å². The second kappa shape index (κ2) is 4.37. The van der Waals surface area contributed by atoms with E-state index in [1.54, 1.807) is 11.0 Å². The SMILES string of the molecule is C1=C(n2cnnn2)CCN1Cc1ccccc1. The summed E-state index contributed by atoms with van der Waals surface area (Å²) < 4.78 is 1.73. The van der Waals surface area contributed by atoms with E-state index < -0.39 is 0 Å². The van der Waals surface area contributed by atoms with E-state index in [1.807, 2.05) is 6.07 Å². The molecule has 0 amide bonds. The molecule has 2 heterocycles. The zero-order chi connectivity index (χ0) is 11.5. The fourth-order valence-electron chi connectivity index (χ4n) is 2.01. The van der Waals surface area contributed by atoms with Gasteiger partial charge in [-0.2, -0.15) is 0 Å². The highest BCUT2D eigenvalue weighted by atomic mass is 15.5. The van der Waals surface area contributed by atoms with Crippen LogP contribution in [0.25, 0.3) is 5.70 Å². The smallest absolute Gasteiger partial charge is 0.143 e. The fraction of sp³-hybridized carbons (Fsp3) is 0.250. The van der Waals surface area contributed by atoms with Gasteiger partial charge >= 0.3 is 0 Å². The Kier molecular flexibility index (Phi) is 2.57. The second-order valence-electron chi connectivity index (χ2n) is 4.08. The lowest BCUT2D eigenvalue weighted by molar-refractivity contribution is 0.400. The molecule has 0 atom stereocenters. The lowest BCUT2D eigenvalue weighted by Crippen LogP contribution is -2.13. The Morgan fingerprint density at radius 2 is 2.06 bits per heavy atom. The number of hydrogen-bond acceptors (Lipinski definition) is 4. The Hall–Kier alpha value is -2.17. The lowest BCUT2D eigenvalue weighted by Gasteiger charge is -2.14. The number of rotatable bonds is 3. The highest BCUT2D eigenvalue weighted by Gasteiger charge is 2.14. The maximum atomic E-state index is 3.90. The highest BCUT2D eigenvalue weighted by molar-refractivity contribution is 5.45. The summed E-state index contributed by atoms with van der Waals surface area (Å²) in [5.74, 6) is 0. The van der Waals surface area contributed by atoms with Gasteiger partial charge in [-0.05, 0) is 16.0 Å². The molecule has 0 bridgehead atoms. The van der Waals surface area contributed by atoms with Crippen LogP contribution in [0.2, 0.25) is 0 Å². The lowest BCUT2D eigenvalue weighted by atomic mass is 10.2. The Morgan fingerprint density at radius 3 is 2.82 bits per heavy atom. The predicted molar refractivity (Wildman–Crippen MR) is 63.6 cm³/mol. The van der Waals surface area contributed by atoms with Gasteiger partial charge in [-0.3, -0.25) is 0 Å². The van der Waals surface area contributed by atoms with Crippen LogP contribution in [0, 0.1) is 0 Å². The van der Waals surface area contributed by atoms with E-state index in [1.165, 1.54) is 5.56 Å². The van der Waals surface area contributed by atoms with Crippen LogP contribution in [0.15, 0.2) is 42.9 Å². The molecule has 3 rings (SSSR count). The first-order chi connectivity index (χ1) is 8.42. The van der Waals surface area contributed by atoms with E-state index in [0.29, 0.717) is 0 Å². The fourth-order valence-corrected chi connectivity index (χ4v) is 2.01. The van der Waals surface area contributed by atoms with Crippen molar-refractivity contribution in [2.24, 2.45) is 0 Å². The van der Waals surface area contributed by atoms with Crippen molar-refractivity contribution in [1.29, 1.82) is 0 Å². The second-order valence-corrected chi connectivity index (χ2v) is 4.08. The van der Waals surface area contributed by atoms with E-state index in [-0.39, 0.29) is 0 Å². The maximum Gasteiger partial charge on any atom is 0.143 e. The summed E-state index contributed by atoms with van der Waals surface area (Å²) in [5.41, 5.74) is 2.47. The third-order valence-electron chi connectivity index (χ3n) is 2.86. The summed E-state index contributed by atoms with van der Waals surface area (Å²) in [7, 11) is 0. The molecule has 0 radical (unpaired) electrons. The molecule has 1 aromatic carbocycles. The minimum Gasteiger partial charge on any atom is -0.371 e. The van der Waals surface area contributed by atoms with E-state index in [0.717, 1.165) is 25.2 Å². The number of aromatic nitrogens is 4. The van der Waals surface area contributed by atoms with Crippen LogP contribution in [0.4, 0.5) is 0 Å². The highest BCUT2D eigenvalue weighted by Crippen LogP contribution is 2.19. The Labute approximate surface area is 99.4 Å². The first-order valence-electron chi connectivity index (χ1n) is 5.64. The van der Waals surface area contributed by atoms with E-state index >= 15 is 0 Å². The normalized spacial score (nSPS) is 15.1. The molecule has 0 aliphatic carbocycles. The van der Waals surface area contributed by atoms with Gasteiger partial charge in [0.05, 0.1) is 5.70 Å². The van der Waals surface area contributed by atoms with Gasteiger partial charge in [-0.1, -0.05) is 30.3 Å². The summed E-state index contributed by atoms with van der Waals surface area (Å²) >= 11 is 0. The molecule has 0 fully saturated rings. The number of benzene rings is 1. The predicted octanol–water partition coefficient (Wildman–Crippen LogP) is 1.38. The average molecular weight is 227 g/mol. The minimum absolute atomic E-state index is 0.937. The zero-order valence-corrected chi connectivity index (χ0v) is 9.40. The maximum absolute atomic E-state index is 3.90. The third-order valence-corrected chi connectivity index (χ3v) is 2.86. The molecule has 5 heteroatoms.